The Labute approximate surface area is 121 Å². The van der Waals surface area contributed by atoms with Gasteiger partial charge in [-0.15, -0.1) is 0 Å². The summed E-state index contributed by atoms with van der Waals surface area (Å²) < 4.78 is 0. The van der Waals surface area contributed by atoms with E-state index in [1.165, 1.54) is 25.7 Å². The van der Waals surface area contributed by atoms with Gasteiger partial charge in [0.2, 0.25) is 0 Å². The third-order valence-electron chi connectivity index (χ3n) is 4.55. The molecule has 3 unspecified atom stereocenters. The first-order valence-electron chi connectivity index (χ1n) is 7.49. The van der Waals surface area contributed by atoms with E-state index in [-0.39, 0.29) is 0 Å². The molecule has 1 saturated carbocycles. The smallest absolute Gasteiger partial charge is 0.0992 e. The first kappa shape index (κ1) is 14.9. The van der Waals surface area contributed by atoms with Crippen molar-refractivity contribution in [3.05, 3.63) is 29.3 Å². The molecule has 0 bridgehead atoms. The Morgan fingerprint density at radius 3 is 2.65 bits per heavy atom. The molecule has 0 amide bonds. The van der Waals surface area contributed by atoms with Crippen molar-refractivity contribution in [2.45, 2.75) is 51.7 Å². The molecule has 0 aromatic heterocycles. The molecule has 1 aromatic rings. The van der Waals surface area contributed by atoms with Gasteiger partial charge in [-0.25, -0.2) is 0 Å². The van der Waals surface area contributed by atoms with Crippen molar-refractivity contribution in [1.29, 1.82) is 5.26 Å². The van der Waals surface area contributed by atoms with Crippen LogP contribution >= 0.6 is 0 Å². The van der Waals surface area contributed by atoms with Crippen LogP contribution in [-0.4, -0.2) is 18.2 Å². The highest BCUT2D eigenvalue weighted by Crippen LogP contribution is 2.34. The van der Waals surface area contributed by atoms with Gasteiger partial charge in [-0.2, -0.15) is 5.26 Å². The van der Waals surface area contributed by atoms with Gasteiger partial charge in [-0.1, -0.05) is 25.8 Å². The van der Waals surface area contributed by atoms with Crippen molar-refractivity contribution in [1.82, 2.24) is 0 Å². The van der Waals surface area contributed by atoms with E-state index in [0.29, 0.717) is 17.5 Å². The molecule has 3 atom stereocenters. The van der Waals surface area contributed by atoms with Crippen LogP contribution in [0, 0.1) is 17.2 Å². The Morgan fingerprint density at radius 1 is 1.35 bits per heavy atom. The van der Waals surface area contributed by atoms with Gasteiger partial charge < -0.3 is 10.0 Å². The molecule has 1 fully saturated rings. The minimum Gasteiger partial charge on any atom is -0.389 e. The van der Waals surface area contributed by atoms with Crippen LogP contribution in [0.15, 0.2) is 18.2 Å². The predicted octanol–water partition coefficient (Wildman–Crippen LogP) is 3.63. The Hall–Kier alpha value is -1.53. The van der Waals surface area contributed by atoms with Crippen LogP contribution < -0.4 is 4.90 Å². The lowest BCUT2D eigenvalue weighted by atomic mass is 9.84. The largest absolute Gasteiger partial charge is 0.389 e. The number of hydrogen-bond acceptors (Lipinski definition) is 3. The molecule has 3 heteroatoms. The van der Waals surface area contributed by atoms with Gasteiger partial charge in [0.1, 0.15) is 0 Å². The molecule has 0 saturated heterocycles. The molecule has 0 heterocycles. The number of anilines is 1. The number of benzene rings is 1. The molecule has 1 aromatic carbocycles. The number of aliphatic hydroxyl groups is 1. The van der Waals surface area contributed by atoms with Crippen molar-refractivity contribution in [3.8, 4) is 6.07 Å². The molecular formula is C17H24N2O. The molecule has 0 aliphatic heterocycles. The standard InChI is InChI=1S/C17H24N2O/c1-12-6-4-5-7-16(12)19(3)17-10-14(11-18)8-9-15(17)13(2)20/h8-10,12-13,16,20H,4-7H2,1-3H3. The van der Waals surface area contributed by atoms with Crippen LogP contribution in [0.25, 0.3) is 0 Å². The third kappa shape index (κ3) is 2.96. The summed E-state index contributed by atoms with van der Waals surface area (Å²) in [6.07, 6.45) is 4.51. The average molecular weight is 272 g/mol. The molecule has 108 valence electrons. The zero-order chi connectivity index (χ0) is 14.7. The van der Waals surface area contributed by atoms with Crippen LogP contribution in [0.4, 0.5) is 5.69 Å². The van der Waals surface area contributed by atoms with E-state index < -0.39 is 6.10 Å². The van der Waals surface area contributed by atoms with Crippen molar-refractivity contribution >= 4 is 5.69 Å². The molecule has 1 aliphatic carbocycles. The van der Waals surface area contributed by atoms with Crippen LogP contribution in [0.1, 0.15) is 56.8 Å². The fraction of sp³-hybridized carbons (Fsp3) is 0.588. The quantitative estimate of drug-likeness (QED) is 0.914. The molecule has 0 spiro atoms. The van der Waals surface area contributed by atoms with E-state index in [9.17, 15) is 5.11 Å². The second-order valence-electron chi connectivity index (χ2n) is 6.00. The van der Waals surface area contributed by atoms with E-state index in [0.717, 1.165) is 11.3 Å². The van der Waals surface area contributed by atoms with Crippen molar-refractivity contribution < 1.29 is 5.11 Å². The molecular weight excluding hydrogens is 248 g/mol. The molecule has 20 heavy (non-hydrogen) atoms. The molecule has 0 radical (unpaired) electrons. The Kier molecular flexibility index (Phi) is 4.67. The Bertz CT molecular complexity index is 504. The van der Waals surface area contributed by atoms with Crippen LogP contribution in [0.3, 0.4) is 0 Å². The minimum atomic E-state index is -0.515. The van der Waals surface area contributed by atoms with Gasteiger partial charge in [0, 0.05) is 24.3 Å². The summed E-state index contributed by atoms with van der Waals surface area (Å²) >= 11 is 0. The highest BCUT2D eigenvalue weighted by Gasteiger charge is 2.27. The van der Waals surface area contributed by atoms with Gasteiger partial charge in [0.05, 0.1) is 17.7 Å². The Morgan fingerprint density at radius 2 is 2.05 bits per heavy atom. The predicted molar refractivity (Wildman–Crippen MR) is 81.6 cm³/mol. The van der Waals surface area contributed by atoms with E-state index in [2.05, 4.69) is 24.9 Å². The summed E-state index contributed by atoms with van der Waals surface area (Å²) in [5.41, 5.74) is 2.56. The van der Waals surface area contributed by atoms with Crippen molar-refractivity contribution in [2.24, 2.45) is 5.92 Å². The number of nitrogens with zero attached hydrogens (tertiary/aromatic N) is 2. The highest BCUT2D eigenvalue weighted by molar-refractivity contribution is 5.58. The normalized spacial score (nSPS) is 23.9. The van der Waals surface area contributed by atoms with Crippen LogP contribution in [-0.2, 0) is 0 Å². The highest BCUT2D eigenvalue weighted by atomic mass is 16.3. The maximum absolute atomic E-state index is 9.97. The lowest BCUT2D eigenvalue weighted by molar-refractivity contribution is 0.199. The zero-order valence-corrected chi connectivity index (χ0v) is 12.6. The maximum Gasteiger partial charge on any atom is 0.0992 e. The fourth-order valence-electron chi connectivity index (χ4n) is 3.32. The number of rotatable bonds is 3. The zero-order valence-electron chi connectivity index (χ0n) is 12.6. The molecule has 2 rings (SSSR count). The van der Waals surface area contributed by atoms with Gasteiger partial charge in [-0.05, 0) is 37.8 Å². The fourth-order valence-corrected chi connectivity index (χ4v) is 3.32. The molecule has 3 nitrogen and oxygen atoms in total. The summed E-state index contributed by atoms with van der Waals surface area (Å²) in [5.74, 6) is 0.654. The summed E-state index contributed by atoms with van der Waals surface area (Å²) in [5, 5.41) is 19.1. The van der Waals surface area contributed by atoms with Crippen LogP contribution in [0.5, 0.6) is 0 Å². The lowest BCUT2D eigenvalue weighted by Gasteiger charge is -2.39. The molecule has 1 aliphatic rings. The minimum absolute atomic E-state index is 0.496. The Balaban J connectivity index is 2.36. The summed E-state index contributed by atoms with van der Waals surface area (Å²) in [6, 6.07) is 8.25. The average Bonchev–Trinajstić information content (AvgIpc) is 2.46. The van der Waals surface area contributed by atoms with Gasteiger partial charge >= 0.3 is 0 Å². The van der Waals surface area contributed by atoms with E-state index in [1.54, 1.807) is 13.0 Å². The second kappa shape index (κ2) is 6.28. The summed E-state index contributed by atoms with van der Waals surface area (Å²) in [6.45, 7) is 4.08. The summed E-state index contributed by atoms with van der Waals surface area (Å²) in [4.78, 5) is 2.27. The van der Waals surface area contributed by atoms with Crippen LogP contribution in [0.2, 0.25) is 0 Å². The first-order chi connectivity index (χ1) is 9.54. The van der Waals surface area contributed by atoms with E-state index in [4.69, 9.17) is 5.26 Å². The second-order valence-corrected chi connectivity index (χ2v) is 6.00. The topological polar surface area (TPSA) is 47.3 Å². The molecule has 1 N–H and O–H groups in total. The number of nitriles is 1. The summed E-state index contributed by atoms with van der Waals surface area (Å²) in [7, 11) is 2.09. The lowest BCUT2D eigenvalue weighted by Crippen LogP contribution is -2.39. The van der Waals surface area contributed by atoms with E-state index >= 15 is 0 Å². The first-order valence-corrected chi connectivity index (χ1v) is 7.49. The third-order valence-corrected chi connectivity index (χ3v) is 4.55. The van der Waals surface area contributed by atoms with Crippen molar-refractivity contribution in [2.75, 3.05) is 11.9 Å². The van der Waals surface area contributed by atoms with Gasteiger partial charge in [0.25, 0.3) is 0 Å². The monoisotopic (exact) mass is 272 g/mol. The van der Waals surface area contributed by atoms with Gasteiger partial charge in [0.15, 0.2) is 0 Å². The number of aliphatic hydroxyl groups excluding tert-OH is 1. The van der Waals surface area contributed by atoms with E-state index in [1.807, 2.05) is 12.1 Å². The van der Waals surface area contributed by atoms with Gasteiger partial charge in [-0.3, -0.25) is 0 Å². The maximum atomic E-state index is 9.97. The van der Waals surface area contributed by atoms with Crippen molar-refractivity contribution in [3.63, 3.8) is 0 Å². The SMILES string of the molecule is CC(O)c1ccc(C#N)cc1N(C)C1CCCCC1C. The number of hydrogen-bond donors (Lipinski definition) is 1.